The molecule has 4 heteroatoms. The van der Waals surface area contributed by atoms with Crippen molar-refractivity contribution in [2.45, 2.75) is 44.4 Å². The summed E-state index contributed by atoms with van der Waals surface area (Å²) in [6.07, 6.45) is 2.72. The van der Waals surface area contributed by atoms with E-state index < -0.39 is 0 Å². The second kappa shape index (κ2) is 5.22. The van der Waals surface area contributed by atoms with Gasteiger partial charge >= 0.3 is 0 Å². The van der Waals surface area contributed by atoms with Gasteiger partial charge in [-0.3, -0.25) is 4.90 Å². The van der Waals surface area contributed by atoms with Crippen LogP contribution in [0.5, 0.6) is 0 Å². The van der Waals surface area contributed by atoms with Gasteiger partial charge in [-0.2, -0.15) is 0 Å². The molecule has 2 aliphatic heterocycles. The third kappa shape index (κ3) is 2.65. The van der Waals surface area contributed by atoms with Crippen LogP contribution in [0.3, 0.4) is 0 Å². The van der Waals surface area contributed by atoms with Gasteiger partial charge < -0.3 is 15.4 Å². The summed E-state index contributed by atoms with van der Waals surface area (Å²) in [4.78, 5) is 5.02. The molecule has 2 aliphatic rings. The average Bonchev–Trinajstić information content (AvgIpc) is 2.34. The van der Waals surface area contributed by atoms with E-state index in [9.17, 15) is 0 Å². The average molecular weight is 241 g/mol. The Morgan fingerprint density at radius 3 is 2.53 bits per heavy atom. The smallest absolute Gasteiger partial charge is 0.0675 e. The van der Waals surface area contributed by atoms with Crippen molar-refractivity contribution in [2.24, 2.45) is 5.73 Å². The molecule has 2 atom stereocenters. The third-order valence-corrected chi connectivity index (χ3v) is 4.51. The normalized spacial score (nSPS) is 36.0. The molecule has 2 fully saturated rings. The van der Waals surface area contributed by atoms with Crippen molar-refractivity contribution < 1.29 is 4.74 Å². The van der Waals surface area contributed by atoms with Crippen molar-refractivity contribution in [3.05, 3.63) is 0 Å². The summed E-state index contributed by atoms with van der Waals surface area (Å²) >= 11 is 0. The van der Waals surface area contributed by atoms with Crippen LogP contribution in [0.25, 0.3) is 0 Å². The van der Waals surface area contributed by atoms with Crippen molar-refractivity contribution in [3.8, 4) is 0 Å². The van der Waals surface area contributed by atoms with E-state index in [4.69, 9.17) is 10.5 Å². The van der Waals surface area contributed by atoms with Gasteiger partial charge in [0.05, 0.1) is 12.7 Å². The number of ether oxygens (including phenoxy) is 1. The second-order valence-electron chi connectivity index (χ2n) is 5.88. The summed E-state index contributed by atoms with van der Waals surface area (Å²) in [5.41, 5.74) is 6.33. The predicted molar refractivity (Wildman–Crippen MR) is 70.1 cm³/mol. The number of nitrogens with zero attached hydrogens (tertiary/aromatic N) is 2. The lowest BCUT2D eigenvalue weighted by atomic mass is 9.84. The van der Waals surface area contributed by atoms with Gasteiger partial charge in [0.15, 0.2) is 0 Å². The largest absolute Gasteiger partial charge is 0.376 e. The second-order valence-corrected chi connectivity index (χ2v) is 5.88. The van der Waals surface area contributed by atoms with E-state index in [0.29, 0.717) is 12.1 Å². The molecule has 17 heavy (non-hydrogen) atoms. The van der Waals surface area contributed by atoms with Gasteiger partial charge in [-0.25, -0.2) is 0 Å². The molecule has 2 heterocycles. The molecule has 2 N–H and O–H groups in total. The lowest BCUT2D eigenvalue weighted by molar-refractivity contribution is -0.105. The molecule has 0 radical (unpaired) electrons. The first kappa shape index (κ1) is 13.3. The first-order valence-electron chi connectivity index (χ1n) is 6.84. The molecule has 0 spiro atoms. The lowest BCUT2D eigenvalue weighted by Crippen LogP contribution is -2.65. The van der Waals surface area contributed by atoms with E-state index >= 15 is 0 Å². The molecule has 4 nitrogen and oxygen atoms in total. The first-order chi connectivity index (χ1) is 8.07. The van der Waals surface area contributed by atoms with E-state index in [0.717, 1.165) is 32.8 Å². The summed E-state index contributed by atoms with van der Waals surface area (Å²) in [6.45, 7) is 9.41. The standard InChI is InChI=1S/C13H27N3O/c1-11-9-17-12(2)8-16(11)13(10-14)4-6-15(3)7-5-13/h11-12H,4-10,14H2,1-3H3. The van der Waals surface area contributed by atoms with Crippen LogP contribution in [0.1, 0.15) is 26.7 Å². The predicted octanol–water partition coefficient (Wildman–Crippen LogP) is 0.519. The fourth-order valence-electron chi connectivity index (χ4n) is 3.21. The molecule has 0 aromatic carbocycles. The highest BCUT2D eigenvalue weighted by molar-refractivity contribution is 4.99. The molecule has 2 unspecified atom stereocenters. The molecule has 2 saturated heterocycles. The van der Waals surface area contributed by atoms with E-state index in [1.54, 1.807) is 0 Å². The van der Waals surface area contributed by atoms with Gasteiger partial charge in [-0.15, -0.1) is 0 Å². The zero-order chi connectivity index (χ0) is 12.5. The minimum atomic E-state index is 0.212. The molecule has 0 aromatic rings. The van der Waals surface area contributed by atoms with Crippen LogP contribution in [0, 0.1) is 0 Å². The van der Waals surface area contributed by atoms with E-state index in [1.165, 1.54) is 12.8 Å². The fourth-order valence-corrected chi connectivity index (χ4v) is 3.21. The van der Waals surface area contributed by atoms with Crippen LogP contribution >= 0.6 is 0 Å². The van der Waals surface area contributed by atoms with Gasteiger partial charge in [0.2, 0.25) is 0 Å². The first-order valence-corrected chi connectivity index (χ1v) is 6.84. The Morgan fingerprint density at radius 2 is 1.94 bits per heavy atom. The maximum Gasteiger partial charge on any atom is 0.0675 e. The van der Waals surface area contributed by atoms with E-state index in [-0.39, 0.29) is 5.54 Å². The zero-order valence-corrected chi connectivity index (χ0v) is 11.5. The molecule has 0 amide bonds. The van der Waals surface area contributed by atoms with Crippen LogP contribution in [0.15, 0.2) is 0 Å². The molecule has 0 saturated carbocycles. The topological polar surface area (TPSA) is 41.7 Å². The van der Waals surface area contributed by atoms with Gasteiger partial charge in [0.25, 0.3) is 0 Å². The Kier molecular flexibility index (Phi) is 4.08. The molecule has 2 rings (SSSR count). The Hall–Kier alpha value is -0.160. The summed E-state index contributed by atoms with van der Waals surface area (Å²) in [7, 11) is 2.20. The van der Waals surface area contributed by atoms with Crippen molar-refractivity contribution in [1.82, 2.24) is 9.80 Å². The Balaban J connectivity index is 2.10. The van der Waals surface area contributed by atoms with Crippen LogP contribution in [0.2, 0.25) is 0 Å². The molecule has 0 aliphatic carbocycles. The number of morpholine rings is 1. The van der Waals surface area contributed by atoms with Crippen molar-refractivity contribution in [1.29, 1.82) is 0 Å². The van der Waals surface area contributed by atoms with Crippen molar-refractivity contribution in [3.63, 3.8) is 0 Å². The summed E-state index contributed by atoms with van der Waals surface area (Å²) in [5, 5.41) is 0. The number of hydrogen-bond donors (Lipinski definition) is 1. The van der Waals surface area contributed by atoms with Crippen LogP contribution in [-0.2, 0) is 4.74 Å². The maximum absolute atomic E-state index is 6.12. The highest BCUT2D eigenvalue weighted by Crippen LogP contribution is 2.31. The van der Waals surface area contributed by atoms with E-state index in [1.807, 2.05) is 0 Å². The SMILES string of the molecule is CC1CN(C2(CN)CCN(C)CC2)C(C)CO1. The Bertz CT molecular complexity index is 251. The number of piperidine rings is 1. The van der Waals surface area contributed by atoms with Gasteiger partial charge in [0, 0.05) is 24.7 Å². The zero-order valence-electron chi connectivity index (χ0n) is 11.5. The van der Waals surface area contributed by atoms with Crippen LogP contribution in [0.4, 0.5) is 0 Å². The van der Waals surface area contributed by atoms with Crippen molar-refractivity contribution >= 4 is 0 Å². The molecule has 0 aromatic heterocycles. The maximum atomic E-state index is 6.12. The molecule has 100 valence electrons. The van der Waals surface area contributed by atoms with Gasteiger partial charge in [-0.05, 0) is 46.8 Å². The highest BCUT2D eigenvalue weighted by atomic mass is 16.5. The number of nitrogens with two attached hydrogens (primary N) is 1. The van der Waals surface area contributed by atoms with Gasteiger partial charge in [-0.1, -0.05) is 0 Å². The summed E-state index contributed by atoms with van der Waals surface area (Å²) in [5.74, 6) is 0. The minimum Gasteiger partial charge on any atom is -0.376 e. The highest BCUT2D eigenvalue weighted by Gasteiger charge is 2.42. The number of hydrogen-bond acceptors (Lipinski definition) is 4. The van der Waals surface area contributed by atoms with Crippen molar-refractivity contribution in [2.75, 3.05) is 39.8 Å². The fraction of sp³-hybridized carbons (Fsp3) is 1.00. The van der Waals surface area contributed by atoms with Crippen LogP contribution in [-0.4, -0.2) is 67.3 Å². The van der Waals surface area contributed by atoms with Crippen LogP contribution < -0.4 is 5.73 Å². The quantitative estimate of drug-likeness (QED) is 0.765. The number of likely N-dealkylation sites (tertiary alicyclic amines) is 1. The van der Waals surface area contributed by atoms with E-state index in [2.05, 4.69) is 30.7 Å². The lowest BCUT2D eigenvalue weighted by Gasteiger charge is -2.53. The monoisotopic (exact) mass is 241 g/mol. The summed E-state index contributed by atoms with van der Waals surface area (Å²) in [6, 6.07) is 0.498. The molecule has 0 bridgehead atoms. The minimum absolute atomic E-state index is 0.212. The molecular weight excluding hydrogens is 214 g/mol. The summed E-state index contributed by atoms with van der Waals surface area (Å²) < 4.78 is 5.73. The Morgan fingerprint density at radius 1 is 1.29 bits per heavy atom. The Labute approximate surface area is 105 Å². The molecular formula is C13H27N3O. The third-order valence-electron chi connectivity index (χ3n) is 4.51. The van der Waals surface area contributed by atoms with Gasteiger partial charge in [0.1, 0.15) is 0 Å². The number of rotatable bonds is 2.